The molecule has 1 unspecified atom stereocenters. The lowest BCUT2D eigenvalue weighted by Gasteiger charge is -2.37. The van der Waals surface area contributed by atoms with Gasteiger partial charge in [-0.15, -0.1) is 11.6 Å². The Kier molecular flexibility index (Phi) is 4.69. The highest BCUT2D eigenvalue weighted by atomic mass is 35.5. The number of ether oxygens (including phenoxy) is 2. The van der Waals surface area contributed by atoms with Gasteiger partial charge in [0.25, 0.3) is 0 Å². The molecule has 4 heteroatoms. The lowest BCUT2D eigenvalue weighted by molar-refractivity contribution is -0.0186. The van der Waals surface area contributed by atoms with Crippen LogP contribution in [0.25, 0.3) is 0 Å². The number of halogens is 1. The first kappa shape index (κ1) is 11.6. The van der Waals surface area contributed by atoms with Crippen molar-refractivity contribution in [3.8, 4) is 0 Å². The molecule has 88 valence electrons. The van der Waals surface area contributed by atoms with Crippen molar-refractivity contribution in [2.75, 3.05) is 45.4 Å². The van der Waals surface area contributed by atoms with Gasteiger partial charge in [0.15, 0.2) is 0 Å². The van der Waals surface area contributed by atoms with Gasteiger partial charge in [0, 0.05) is 38.2 Å². The van der Waals surface area contributed by atoms with Gasteiger partial charge in [0.05, 0.1) is 13.2 Å². The fourth-order valence-electron chi connectivity index (χ4n) is 2.33. The standard InChI is InChI=1S/C11H20ClNO2/c12-7-11-9-15-6-3-13(11)8-10-1-4-14-5-2-10/h10-11H,1-9H2. The zero-order valence-corrected chi connectivity index (χ0v) is 9.92. The van der Waals surface area contributed by atoms with Crippen molar-refractivity contribution < 1.29 is 9.47 Å². The fourth-order valence-corrected chi connectivity index (χ4v) is 2.62. The highest BCUT2D eigenvalue weighted by molar-refractivity contribution is 6.18. The Labute approximate surface area is 96.7 Å². The van der Waals surface area contributed by atoms with E-state index in [0.29, 0.717) is 11.9 Å². The molecule has 3 nitrogen and oxygen atoms in total. The zero-order valence-electron chi connectivity index (χ0n) is 9.16. The molecule has 0 bridgehead atoms. The second kappa shape index (κ2) is 6.04. The maximum absolute atomic E-state index is 5.95. The third-order valence-electron chi connectivity index (χ3n) is 3.36. The van der Waals surface area contributed by atoms with Crippen LogP contribution in [0, 0.1) is 5.92 Å². The zero-order chi connectivity index (χ0) is 10.5. The molecule has 15 heavy (non-hydrogen) atoms. The van der Waals surface area contributed by atoms with Crippen molar-refractivity contribution in [1.29, 1.82) is 0 Å². The van der Waals surface area contributed by atoms with Gasteiger partial charge >= 0.3 is 0 Å². The number of hydrogen-bond acceptors (Lipinski definition) is 3. The smallest absolute Gasteiger partial charge is 0.0634 e. The van der Waals surface area contributed by atoms with Crippen LogP contribution in [0.3, 0.4) is 0 Å². The van der Waals surface area contributed by atoms with Crippen LogP contribution in [0.5, 0.6) is 0 Å². The molecule has 2 aliphatic rings. The predicted octanol–water partition coefficient (Wildman–Crippen LogP) is 1.35. The molecule has 2 rings (SSSR count). The molecule has 2 saturated heterocycles. The van der Waals surface area contributed by atoms with Crippen LogP contribution in [0.1, 0.15) is 12.8 Å². The lowest BCUT2D eigenvalue weighted by atomic mass is 9.99. The van der Waals surface area contributed by atoms with E-state index < -0.39 is 0 Å². The van der Waals surface area contributed by atoms with Crippen LogP contribution in [0.15, 0.2) is 0 Å². The van der Waals surface area contributed by atoms with Gasteiger partial charge in [-0.25, -0.2) is 0 Å². The molecule has 0 radical (unpaired) electrons. The van der Waals surface area contributed by atoms with Crippen molar-refractivity contribution in [3.63, 3.8) is 0 Å². The third kappa shape index (κ3) is 3.31. The summed E-state index contributed by atoms with van der Waals surface area (Å²) >= 11 is 5.95. The number of morpholine rings is 1. The largest absolute Gasteiger partial charge is 0.381 e. The fraction of sp³-hybridized carbons (Fsp3) is 1.00. The molecule has 0 saturated carbocycles. The molecule has 1 atom stereocenters. The molecule has 0 amide bonds. The predicted molar refractivity (Wildman–Crippen MR) is 60.4 cm³/mol. The van der Waals surface area contributed by atoms with E-state index >= 15 is 0 Å². The van der Waals surface area contributed by atoms with Crippen molar-refractivity contribution in [2.24, 2.45) is 5.92 Å². The van der Waals surface area contributed by atoms with Gasteiger partial charge < -0.3 is 9.47 Å². The van der Waals surface area contributed by atoms with E-state index in [1.807, 2.05) is 0 Å². The normalized spacial score (nSPS) is 30.6. The summed E-state index contributed by atoms with van der Waals surface area (Å²) in [4.78, 5) is 2.49. The molecule has 0 spiro atoms. The summed E-state index contributed by atoms with van der Waals surface area (Å²) in [5.74, 6) is 1.48. The Morgan fingerprint density at radius 2 is 1.93 bits per heavy atom. The van der Waals surface area contributed by atoms with Gasteiger partial charge in [-0.05, 0) is 18.8 Å². The van der Waals surface area contributed by atoms with Crippen LogP contribution < -0.4 is 0 Å². The van der Waals surface area contributed by atoms with E-state index in [1.165, 1.54) is 19.4 Å². The minimum Gasteiger partial charge on any atom is -0.381 e. The van der Waals surface area contributed by atoms with Crippen LogP contribution >= 0.6 is 11.6 Å². The Balaban J connectivity index is 1.79. The molecule has 2 aliphatic heterocycles. The summed E-state index contributed by atoms with van der Waals surface area (Å²) < 4.78 is 10.8. The average Bonchev–Trinajstić information content (AvgIpc) is 2.31. The van der Waals surface area contributed by atoms with Crippen molar-refractivity contribution in [3.05, 3.63) is 0 Å². The maximum atomic E-state index is 5.95. The van der Waals surface area contributed by atoms with Crippen LogP contribution in [-0.4, -0.2) is 56.3 Å². The Morgan fingerprint density at radius 1 is 1.13 bits per heavy atom. The summed E-state index contributed by atoms with van der Waals surface area (Å²) in [5.41, 5.74) is 0. The number of alkyl halides is 1. The Morgan fingerprint density at radius 3 is 2.67 bits per heavy atom. The minimum absolute atomic E-state index is 0.420. The third-order valence-corrected chi connectivity index (χ3v) is 3.72. The summed E-state index contributed by atoms with van der Waals surface area (Å²) in [6.07, 6.45) is 2.40. The van der Waals surface area contributed by atoms with Crippen LogP contribution in [0.2, 0.25) is 0 Å². The molecule has 0 N–H and O–H groups in total. The molecule has 0 aromatic heterocycles. The van der Waals surface area contributed by atoms with Gasteiger partial charge in [-0.1, -0.05) is 0 Å². The van der Waals surface area contributed by atoms with Crippen LogP contribution in [-0.2, 0) is 9.47 Å². The summed E-state index contributed by atoms with van der Waals surface area (Å²) in [7, 11) is 0. The first-order valence-corrected chi connectivity index (χ1v) is 6.39. The van der Waals surface area contributed by atoms with E-state index in [0.717, 1.165) is 38.9 Å². The number of hydrogen-bond donors (Lipinski definition) is 0. The minimum atomic E-state index is 0.420. The second-order valence-corrected chi connectivity index (χ2v) is 4.74. The molecule has 0 aromatic rings. The summed E-state index contributed by atoms with van der Waals surface area (Å²) in [5, 5.41) is 0. The lowest BCUT2D eigenvalue weighted by Crippen LogP contribution is -2.48. The van der Waals surface area contributed by atoms with Gasteiger partial charge in [0.2, 0.25) is 0 Å². The molecular formula is C11H20ClNO2. The molecule has 2 fully saturated rings. The van der Waals surface area contributed by atoms with E-state index in [9.17, 15) is 0 Å². The van der Waals surface area contributed by atoms with E-state index in [-0.39, 0.29) is 0 Å². The number of rotatable bonds is 3. The van der Waals surface area contributed by atoms with Crippen LogP contribution in [0.4, 0.5) is 0 Å². The highest BCUT2D eigenvalue weighted by Gasteiger charge is 2.25. The van der Waals surface area contributed by atoms with E-state index in [4.69, 9.17) is 21.1 Å². The quantitative estimate of drug-likeness (QED) is 0.687. The average molecular weight is 234 g/mol. The first-order valence-electron chi connectivity index (χ1n) is 5.85. The monoisotopic (exact) mass is 233 g/mol. The van der Waals surface area contributed by atoms with Gasteiger partial charge in [-0.3, -0.25) is 4.90 Å². The maximum Gasteiger partial charge on any atom is 0.0634 e. The van der Waals surface area contributed by atoms with Gasteiger partial charge in [0.1, 0.15) is 0 Å². The molecule has 0 aliphatic carbocycles. The SMILES string of the molecule is ClCC1COCCN1CC1CCOCC1. The van der Waals surface area contributed by atoms with Crippen molar-refractivity contribution in [2.45, 2.75) is 18.9 Å². The molecule has 2 heterocycles. The van der Waals surface area contributed by atoms with Crippen molar-refractivity contribution in [1.82, 2.24) is 4.90 Å². The first-order chi connectivity index (χ1) is 7.40. The van der Waals surface area contributed by atoms with E-state index in [1.54, 1.807) is 0 Å². The molecular weight excluding hydrogens is 214 g/mol. The second-order valence-electron chi connectivity index (χ2n) is 4.43. The Bertz CT molecular complexity index is 185. The Hall–Kier alpha value is 0.170. The van der Waals surface area contributed by atoms with Crippen molar-refractivity contribution >= 4 is 11.6 Å². The van der Waals surface area contributed by atoms with Gasteiger partial charge in [-0.2, -0.15) is 0 Å². The summed E-state index contributed by atoms with van der Waals surface area (Å²) in [6.45, 7) is 5.73. The molecule has 0 aromatic carbocycles. The summed E-state index contributed by atoms with van der Waals surface area (Å²) in [6, 6.07) is 0.420. The topological polar surface area (TPSA) is 21.7 Å². The highest BCUT2D eigenvalue weighted by Crippen LogP contribution is 2.19. The number of nitrogens with zero attached hydrogens (tertiary/aromatic N) is 1. The van der Waals surface area contributed by atoms with E-state index in [2.05, 4.69) is 4.90 Å².